The molecule has 0 saturated carbocycles. The summed E-state index contributed by atoms with van der Waals surface area (Å²) in [4.78, 5) is 23.9. The molecular formula is C19H20ClNO6. The first-order valence-corrected chi connectivity index (χ1v) is 8.41. The van der Waals surface area contributed by atoms with Gasteiger partial charge in [0.05, 0.1) is 14.2 Å². The SMILES string of the molecule is COc1ccc(NC(=O)COC(=O)[C@@H](C)Oc2ccc(Cl)cc2)cc1OC. The molecule has 144 valence electrons. The van der Waals surface area contributed by atoms with Crippen LogP contribution in [0.5, 0.6) is 17.2 Å². The third-order valence-corrected chi connectivity index (χ3v) is 3.72. The fourth-order valence-corrected chi connectivity index (χ4v) is 2.26. The summed E-state index contributed by atoms with van der Waals surface area (Å²) in [5.74, 6) is 0.327. The van der Waals surface area contributed by atoms with E-state index in [-0.39, 0.29) is 0 Å². The van der Waals surface area contributed by atoms with Crippen LogP contribution >= 0.6 is 11.6 Å². The van der Waals surface area contributed by atoms with Gasteiger partial charge in [-0.1, -0.05) is 11.6 Å². The summed E-state index contributed by atoms with van der Waals surface area (Å²) in [6.07, 6.45) is -0.875. The van der Waals surface area contributed by atoms with Crippen molar-refractivity contribution in [1.82, 2.24) is 0 Å². The van der Waals surface area contributed by atoms with Crippen molar-refractivity contribution in [1.29, 1.82) is 0 Å². The van der Waals surface area contributed by atoms with E-state index in [4.69, 9.17) is 30.5 Å². The van der Waals surface area contributed by atoms with Crippen molar-refractivity contribution in [2.75, 3.05) is 26.1 Å². The zero-order valence-corrected chi connectivity index (χ0v) is 15.9. The standard InChI is InChI=1S/C19H20ClNO6/c1-12(27-15-7-4-13(20)5-8-15)19(23)26-11-18(22)21-14-6-9-16(24-2)17(10-14)25-3/h4-10,12H,11H2,1-3H3,(H,21,22)/t12-/m1/s1. The second-order valence-corrected chi connectivity index (χ2v) is 5.88. The molecule has 2 aromatic carbocycles. The molecule has 1 N–H and O–H groups in total. The van der Waals surface area contributed by atoms with Gasteiger partial charge in [-0.05, 0) is 43.3 Å². The first kappa shape index (κ1) is 20.4. The van der Waals surface area contributed by atoms with Crippen LogP contribution in [0.1, 0.15) is 6.92 Å². The molecule has 0 saturated heterocycles. The Morgan fingerprint density at radius 3 is 2.33 bits per heavy atom. The average Bonchev–Trinajstić information content (AvgIpc) is 2.67. The number of benzene rings is 2. The Kier molecular flexibility index (Phi) is 7.31. The number of hydrogen-bond donors (Lipinski definition) is 1. The van der Waals surface area contributed by atoms with Crippen LogP contribution in [0.25, 0.3) is 0 Å². The maximum atomic E-state index is 12.0. The van der Waals surface area contributed by atoms with Crippen LogP contribution in [-0.4, -0.2) is 38.8 Å². The summed E-state index contributed by atoms with van der Waals surface area (Å²) in [6, 6.07) is 11.5. The maximum absolute atomic E-state index is 12.0. The first-order chi connectivity index (χ1) is 12.9. The van der Waals surface area contributed by atoms with E-state index in [2.05, 4.69) is 5.32 Å². The molecule has 2 rings (SSSR count). The van der Waals surface area contributed by atoms with E-state index < -0.39 is 24.6 Å². The minimum atomic E-state index is -0.875. The molecule has 0 radical (unpaired) electrons. The van der Waals surface area contributed by atoms with E-state index in [1.165, 1.54) is 21.1 Å². The van der Waals surface area contributed by atoms with Crippen LogP contribution in [0.2, 0.25) is 5.02 Å². The van der Waals surface area contributed by atoms with E-state index in [1.54, 1.807) is 42.5 Å². The maximum Gasteiger partial charge on any atom is 0.347 e. The quantitative estimate of drug-likeness (QED) is 0.693. The van der Waals surface area contributed by atoms with Crippen LogP contribution in [-0.2, 0) is 14.3 Å². The van der Waals surface area contributed by atoms with E-state index in [0.29, 0.717) is 28.0 Å². The highest BCUT2D eigenvalue weighted by molar-refractivity contribution is 6.30. The molecule has 7 nitrogen and oxygen atoms in total. The van der Waals surface area contributed by atoms with E-state index >= 15 is 0 Å². The lowest BCUT2D eigenvalue weighted by atomic mass is 10.2. The second-order valence-electron chi connectivity index (χ2n) is 5.44. The molecule has 1 amide bonds. The van der Waals surface area contributed by atoms with Gasteiger partial charge in [0.25, 0.3) is 5.91 Å². The topological polar surface area (TPSA) is 83.1 Å². The summed E-state index contributed by atoms with van der Waals surface area (Å²) in [5, 5.41) is 3.17. The number of carbonyl (C=O) groups is 2. The van der Waals surface area contributed by atoms with Gasteiger partial charge in [0.1, 0.15) is 5.75 Å². The van der Waals surface area contributed by atoms with Gasteiger partial charge < -0.3 is 24.3 Å². The van der Waals surface area contributed by atoms with E-state index in [9.17, 15) is 9.59 Å². The minimum Gasteiger partial charge on any atom is -0.493 e. The Hall–Kier alpha value is -2.93. The largest absolute Gasteiger partial charge is 0.493 e. The molecule has 0 heterocycles. The predicted octanol–water partition coefficient (Wildman–Crippen LogP) is 3.31. The zero-order valence-electron chi connectivity index (χ0n) is 15.2. The number of anilines is 1. The molecule has 0 bridgehead atoms. The molecule has 2 aromatic rings. The summed E-state index contributed by atoms with van der Waals surface area (Å²) < 4.78 is 20.7. The highest BCUT2D eigenvalue weighted by Gasteiger charge is 2.18. The monoisotopic (exact) mass is 393 g/mol. The number of esters is 1. The number of methoxy groups -OCH3 is 2. The van der Waals surface area contributed by atoms with Crippen LogP contribution in [0, 0.1) is 0 Å². The Bertz CT molecular complexity index is 793. The predicted molar refractivity (Wildman–Crippen MR) is 101 cm³/mol. The molecule has 0 aliphatic heterocycles. The molecule has 0 unspecified atom stereocenters. The van der Waals surface area contributed by atoms with Gasteiger partial charge >= 0.3 is 5.97 Å². The van der Waals surface area contributed by atoms with E-state index in [0.717, 1.165) is 0 Å². The van der Waals surface area contributed by atoms with Crippen LogP contribution < -0.4 is 19.5 Å². The number of nitrogens with one attached hydrogen (secondary N) is 1. The van der Waals surface area contributed by atoms with Crippen molar-refractivity contribution >= 4 is 29.2 Å². The first-order valence-electron chi connectivity index (χ1n) is 8.03. The smallest absolute Gasteiger partial charge is 0.347 e. The van der Waals surface area contributed by atoms with Gasteiger partial charge in [-0.3, -0.25) is 4.79 Å². The number of halogens is 1. The number of rotatable bonds is 8. The Morgan fingerprint density at radius 2 is 1.70 bits per heavy atom. The third-order valence-electron chi connectivity index (χ3n) is 3.47. The van der Waals surface area contributed by atoms with Gasteiger partial charge in [-0.2, -0.15) is 0 Å². The summed E-state index contributed by atoms with van der Waals surface area (Å²) >= 11 is 5.79. The molecule has 27 heavy (non-hydrogen) atoms. The van der Waals surface area contributed by atoms with Crippen molar-refractivity contribution in [3.63, 3.8) is 0 Å². The minimum absolute atomic E-state index is 0.443. The summed E-state index contributed by atoms with van der Waals surface area (Å²) in [7, 11) is 3.01. The summed E-state index contributed by atoms with van der Waals surface area (Å²) in [5.41, 5.74) is 0.485. The van der Waals surface area contributed by atoms with Gasteiger partial charge in [0, 0.05) is 16.8 Å². The molecule has 1 atom stereocenters. The highest BCUT2D eigenvalue weighted by Crippen LogP contribution is 2.29. The molecule has 0 aromatic heterocycles. The molecule has 0 aliphatic rings. The molecular weight excluding hydrogens is 374 g/mol. The van der Waals surface area contributed by atoms with Crippen molar-refractivity contribution in [2.45, 2.75) is 13.0 Å². The fraction of sp³-hybridized carbons (Fsp3) is 0.263. The Morgan fingerprint density at radius 1 is 1.04 bits per heavy atom. The van der Waals surface area contributed by atoms with Crippen LogP contribution in [0.4, 0.5) is 5.69 Å². The van der Waals surface area contributed by atoms with Crippen molar-refractivity contribution < 1.29 is 28.5 Å². The van der Waals surface area contributed by atoms with Crippen LogP contribution in [0.15, 0.2) is 42.5 Å². The Labute approximate surface area is 162 Å². The molecule has 0 aliphatic carbocycles. The van der Waals surface area contributed by atoms with Gasteiger partial charge in [-0.15, -0.1) is 0 Å². The summed E-state index contributed by atoms with van der Waals surface area (Å²) in [6.45, 7) is 1.09. The number of amides is 1. The lowest BCUT2D eigenvalue weighted by Crippen LogP contribution is -2.29. The third kappa shape index (κ3) is 6.07. The number of hydrogen-bond acceptors (Lipinski definition) is 6. The number of carbonyl (C=O) groups excluding carboxylic acids is 2. The molecule has 0 spiro atoms. The van der Waals surface area contributed by atoms with Gasteiger partial charge in [0.15, 0.2) is 24.2 Å². The van der Waals surface area contributed by atoms with Crippen LogP contribution in [0.3, 0.4) is 0 Å². The van der Waals surface area contributed by atoms with Crippen molar-refractivity contribution in [2.24, 2.45) is 0 Å². The normalized spacial score (nSPS) is 11.3. The molecule has 8 heteroatoms. The Balaban J connectivity index is 1.83. The lowest BCUT2D eigenvalue weighted by molar-refractivity contribution is -0.153. The number of ether oxygens (including phenoxy) is 4. The fourth-order valence-electron chi connectivity index (χ4n) is 2.13. The zero-order chi connectivity index (χ0) is 19.8. The lowest BCUT2D eigenvalue weighted by Gasteiger charge is -2.14. The highest BCUT2D eigenvalue weighted by atomic mass is 35.5. The van der Waals surface area contributed by atoms with Crippen molar-refractivity contribution in [3.8, 4) is 17.2 Å². The van der Waals surface area contributed by atoms with E-state index in [1.807, 2.05) is 0 Å². The average molecular weight is 394 g/mol. The van der Waals surface area contributed by atoms with Crippen molar-refractivity contribution in [3.05, 3.63) is 47.5 Å². The molecule has 0 fully saturated rings. The second kappa shape index (κ2) is 9.68. The van der Waals surface area contributed by atoms with Gasteiger partial charge in [-0.25, -0.2) is 4.79 Å². The van der Waals surface area contributed by atoms with Gasteiger partial charge in [0.2, 0.25) is 0 Å².